The van der Waals surface area contributed by atoms with E-state index in [1.807, 2.05) is 67.7 Å². The number of carbonyl (C=O) groups is 2. The molecule has 3 amide bonds. The number of hydrogen-bond acceptors (Lipinski definition) is 10. The summed E-state index contributed by atoms with van der Waals surface area (Å²) in [6.45, 7) is 26.2. The Bertz CT molecular complexity index is 1720. The molecule has 264 valence electrons. The summed E-state index contributed by atoms with van der Waals surface area (Å²) in [6, 6.07) is -1.04. The summed E-state index contributed by atoms with van der Waals surface area (Å²) in [5.41, 5.74) is -3.34. The van der Waals surface area contributed by atoms with Gasteiger partial charge in [0.1, 0.15) is 12.2 Å². The third-order valence-corrected chi connectivity index (χ3v) is 19.6. The van der Waals surface area contributed by atoms with Crippen molar-refractivity contribution in [2.75, 3.05) is 6.61 Å². The predicted octanol–water partition coefficient (Wildman–Crippen LogP) is 3.51. The zero-order chi connectivity index (χ0) is 36.3. The van der Waals surface area contributed by atoms with Crippen molar-refractivity contribution in [1.82, 2.24) is 19.8 Å². The topological polar surface area (TPSA) is 173 Å². The highest BCUT2D eigenvalue weighted by atomic mass is 32.2. The normalized spacial score (nSPS) is 24.7. The first-order valence-corrected chi connectivity index (χ1v) is 22.6. The van der Waals surface area contributed by atoms with Gasteiger partial charge in [-0.05, 0) is 50.1 Å². The minimum absolute atomic E-state index is 0.0487. The first kappa shape index (κ1) is 38.8. The molecule has 4 atom stereocenters. The molecule has 0 aromatic carbocycles. The number of nitrogens with one attached hydrogen (secondary N) is 2. The fourth-order valence-corrected chi connectivity index (χ4v) is 8.23. The fourth-order valence-electron chi connectivity index (χ4n) is 4.69. The van der Waals surface area contributed by atoms with Crippen LogP contribution in [0.2, 0.25) is 36.3 Å². The maximum atomic E-state index is 13.6. The lowest BCUT2D eigenvalue weighted by molar-refractivity contribution is -0.116. The molecule has 17 heteroatoms. The summed E-state index contributed by atoms with van der Waals surface area (Å²) in [7, 11) is -8.53. The highest BCUT2D eigenvalue weighted by Gasteiger charge is 2.68. The molecule has 1 spiro atoms. The molecule has 3 rings (SSSR count). The molecule has 0 bridgehead atoms. The standard InChI is InChI=1S/C30H50N4O10SSi2/c1-18(2)23(35)32-26(37)31-20-17-45(39,40)44-30(20)21(16-41-46(11,12)28(4,5)6)42-25(22(30)43-47(13,14)29(7,8)9)34-15-19(3)24(36)33(10)27(34)38/h15,17,21-22,25H,1,16H2,2-14H3,(H2,31,32,35,37)/t21?,22-,25+,30?/m0/s1. The molecule has 2 aliphatic rings. The second-order valence-electron chi connectivity index (χ2n) is 15.3. The van der Waals surface area contributed by atoms with Gasteiger partial charge in [0.25, 0.3) is 21.6 Å². The van der Waals surface area contributed by atoms with Crippen LogP contribution in [0.1, 0.15) is 60.3 Å². The van der Waals surface area contributed by atoms with Gasteiger partial charge in [0, 0.05) is 24.4 Å². The van der Waals surface area contributed by atoms with E-state index in [0.29, 0.717) is 0 Å². The number of urea groups is 1. The number of aromatic nitrogens is 2. The number of imide groups is 1. The number of nitrogens with zero attached hydrogens (tertiary/aromatic N) is 2. The highest BCUT2D eigenvalue weighted by molar-refractivity contribution is 7.90. The molecule has 2 aliphatic heterocycles. The highest BCUT2D eigenvalue weighted by Crippen LogP contribution is 2.52. The van der Waals surface area contributed by atoms with Crippen LogP contribution in [0, 0.1) is 6.92 Å². The zero-order valence-corrected chi connectivity index (χ0v) is 32.5. The van der Waals surface area contributed by atoms with Crippen LogP contribution in [0.5, 0.6) is 0 Å². The molecule has 1 fully saturated rings. The van der Waals surface area contributed by atoms with Crippen LogP contribution < -0.4 is 21.9 Å². The molecule has 3 heterocycles. The van der Waals surface area contributed by atoms with Crippen molar-refractivity contribution < 1.29 is 35.8 Å². The van der Waals surface area contributed by atoms with E-state index < -0.39 is 79.0 Å². The number of aryl methyl sites for hydroxylation is 1. The molecular formula is C30H50N4O10SSi2. The van der Waals surface area contributed by atoms with Gasteiger partial charge < -0.3 is 18.9 Å². The number of amides is 3. The molecule has 1 aromatic rings. The second kappa shape index (κ2) is 12.7. The summed E-state index contributed by atoms with van der Waals surface area (Å²) in [4.78, 5) is 51.8. The van der Waals surface area contributed by atoms with E-state index in [1.165, 1.54) is 31.7 Å². The Balaban J connectivity index is 2.36. The van der Waals surface area contributed by atoms with Gasteiger partial charge in [-0.15, -0.1) is 0 Å². The Hall–Kier alpha value is -2.68. The van der Waals surface area contributed by atoms with Gasteiger partial charge in [0.15, 0.2) is 28.5 Å². The average molecular weight is 715 g/mol. The van der Waals surface area contributed by atoms with Crippen molar-refractivity contribution in [3.63, 3.8) is 0 Å². The van der Waals surface area contributed by atoms with E-state index in [4.69, 9.17) is 17.8 Å². The number of hydrogen-bond donors (Lipinski definition) is 2. The van der Waals surface area contributed by atoms with Crippen LogP contribution in [-0.4, -0.2) is 70.5 Å². The molecule has 0 radical (unpaired) electrons. The molecule has 2 N–H and O–H groups in total. The van der Waals surface area contributed by atoms with E-state index in [2.05, 4.69) is 17.2 Å². The minimum atomic E-state index is -4.49. The number of carbonyl (C=O) groups excluding carboxylic acids is 2. The maximum Gasteiger partial charge on any atom is 0.332 e. The summed E-state index contributed by atoms with van der Waals surface area (Å²) in [6.07, 6.45) is -2.64. The molecular weight excluding hydrogens is 665 g/mol. The van der Waals surface area contributed by atoms with Crippen LogP contribution in [0.25, 0.3) is 0 Å². The first-order chi connectivity index (χ1) is 21.1. The minimum Gasteiger partial charge on any atom is -0.414 e. The van der Waals surface area contributed by atoms with Gasteiger partial charge >= 0.3 is 11.7 Å². The maximum absolute atomic E-state index is 13.6. The monoisotopic (exact) mass is 714 g/mol. The van der Waals surface area contributed by atoms with Crippen molar-refractivity contribution in [3.8, 4) is 0 Å². The van der Waals surface area contributed by atoms with Crippen molar-refractivity contribution in [2.45, 2.75) is 116 Å². The molecule has 1 aromatic heterocycles. The molecule has 1 saturated heterocycles. The zero-order valence-electron chi connectivity index (χ0n) is 29.7. The molecule has 47 heavy (non-hydrogen) atoms. The Morgan fingerprint density at radius 3 is 2.13 bits per heavy atom. The lowest BCUT2D eigenvalue weighted by atomic mass is 9.89. The van der Waals surface area contributed by atoms with Gasteiger partial charge in [0.05, 0.1) is 17.7 Å². The third-order valence-electron chi connectivity index (χ3n) is 9.65. The Morgan fingerprint density at radius 2 is 1.62 bits per heavy atom. The second-order valence-corrected chi connectivity index (χ2v) is 26.3. The van der Waals surface area contributed by atoms with E-state index in [0.717, 1.165) is 9.98 Å². The van der Waals surface area contributed by atoms with E-state index in [9.17, 15) is 27.6 Å². The smallest absolute Gasteiger partial charge is 0.332 e. The Morgan fingerprint density at radius 1 is 1.06 bits per heavy atom. The van der Waals surface area contributed by atoms with Gasteiger partial charge in [-0.25, -0.2) is 13.8 Å². The predicted molar refractivity (Wildman–Crippen MR) is 182 cm³/mol. The average Bonchev–Trinajstić information content (AvgIpc) is 3.33. The molecule has 14 nitrogen and oxygen atoms in total. The lowest BCUT2D eigenvalue weighted by Crippen LogP contribution is -2.60. The number of ether oxygens (including phenoxy) is 1. The largest absolute Gasteiger partial charge is 0.414 e. The number of rotatable bonds is 8. The van der Waals surface area contributed by atoms with Crippen molar-refractivity contribution in [2.24, 2.45) is 7.05 Å². The van der Waals surface area contributed by atoms with Crippen LogP contribution >= 0.6 is 0 Å². The van der Waals surface area contributed by atoms with Crippen molar-refractivity contribution in [3.05, 3.63) is 55.9 Å². The van der Waals surface area contributed by atoms with E-state index in [-0.39, 0.29) is 28.5 Å². The lowest BCUT2D eigenvalue weighted by Gasteiger charge is -2.44. The molecule has 2 unspecified atom stereocenters. The van der Waals surface area contributed by atoms with Crippen molar-refractivity contribution in [1.29, 1.82) is 0 Å². The first-order valence-electron chi connectivity index (χ1n) is 15.3. The van der Waals surface area contributed by atoms with Gasteiger partial charge in [-0.2, -0.15) is 8.42 Å². The van der Waals surface area contributed by atoms with Crippen LogP contribution in [0.15, 0.2) is 39.0 Å². The SMILES string of the molecule is C=C(C)C(=O)NC(=O)NC1=CS(=O)(=O)OC12C(CO[Si](C)(C)C(C)(C)C)O[C@@H](n1cc(C)c(=O)n(C)c1=O)[C@@H]2O[Si](C)(C)C(C)(C)C. The molecule has 0 saturated carbocycles. The van der Waals surface area contributed by atoms with Gasteiger partial charge in [0.2, 0.25) is 0 Å². The van der Waals surface area contributed by atoms with Gasteiger partial charge in [-0.3, -0.25) is 24.0 Å². The van der Waals surface area contributed by atoms with Gasteiger partial charge in [-0.1, -0.05) is 48.1 Å². The summed E-state index contributed by atoms with van der Waals surface area (Å²) in [5, 5.41) is 4.70. The summed E-state index contributed by atoms with van der Waals surface area (Å²) >= 11 is 0. The van der Waals surface area contributed by atoms with Crippen LogP contribution in [-0.2, 0) is 39.7 Å². The summed E-state index contributed by atoms with van der Waals surface area (Å²) < 4.78 is 54.9. The third kappa shape index (κ3) is 7.50. The van der Waals surface area contributed by atoms with Crippen LogP contribution in [0.4, 0.5) is 4.79 Å². The summed E-state index contributed by atoms with van der Waals surface area (Å²) in [5.74, 6) is -0.779. The molecule has 0 aliphatic carbocycles. The Labute approximate surface area is 278 Å². The van der Waals surface area contributed by atoms with E-state index >= 15 is 0 Å². The fraction of sp³-hybridized carbons (Fsp3) is 0.667. The van der Waals surface area contributed by atoms with E-state index in [1.54, 1.807) is 0 Å². The van der Waals surface area contributed by atoms with Crippen molar-refractivity contribution >= 4 is 38.7 Å². The Kier molecular flexibility index (Phi) is 10.4. The van der Waals surface area contributed by atoms with Crippen LogP contribution in [0.3, 0.4) is 0 Å². The quantitative estimate of drug-likeness (QED) is 0.231.